The molecule has 2 heterocycles. The summed E-state index contributed by atoms with van der Waals surface area (Å²) >= 11 is 5.29. The number of nitrogens with one attached hydrogen (secondary N) is 2. The second-order valence-electron chi connectivity index (χ2n) is 7.20. The molecule has 0 spiro atoms. The average molecular weight is 431 g/mol. The molecule has 7 heteroatoms. The molecule has 4 aromatic rings. The van der Waals surface area contributed by atoms with Crippen LogP contribution in [0.2, 0.25) is 0 Å². The maximum Gasteiger partial charge on any atom is 0.259 e. The molecule has 156 valence electrons. The molecule has 0 aliphatic heterocycles. The largest absolute Gasteiger partial charge is 0.489 e. The molecule has 6 nitrogen and oxygen atoms in total. The van der Waals surface area contributed by atoms with Crippen LogP contribution in [0.3, 0.4) is 0 Å². The van der Waals surface area contributed by atoms with Crippen molar-refractivity contribution in [3.8, 4) is 5.75 Å². The molecule has 0 fully saturated rings. The van der Waals surface area contributed by atoms with Gasteiger partial charge in [-0.05, 0) is 68.0 Å². The smallest absolute Gasteiger partial charge is 0.259 e. The van der Waals surface area contributed by atoms with Gasteiger partial charge in [-0.15, -0.1) is 0 Å². The van der Waals surface area contributed by atoms with Gasteiger partial charge in [0.15, 0.2) is 5.11 Å². The monoisotopic (exact) mass is 430 g/mol. The van der Waals surface area contributed by atoms with Gasteiger partial charge in [-0.25, -0.2) is 4.98 Å². The molecule has 2 aromatic carbocycles. The van der Waals surface area contributed by atoms with Gasteiger partial charge in [-0.1, -0.05) is 30.3 Å². The molecule has 0 unspecified atom stereocenters. The SMILES string of the molecule is Cc1cc(C)n2cc(C(=O)NC(=S)Nc3ccc(OCc4ccccc4)cc3)cc2n1. The average Bonchev–Trinajstić information content (AvgIpc) is 3.18. The first-order valence-corrected chi connectivity index (χ1v) is 10.2. The van der Waals surface area contributed by atoms with E-state index in [1.165, 1.54) is 0 Å². The number of anilines is 1. The van der Waals surface area contributed by atoms with Crippen LogP contribution in [0.25, 0.3) is 5.65 Å². The maximum absolute atomic E-state index is 12.6. The van der Waals surface area contributed by atoms with Crippen molar-refractivity contribution < 1.29 is 9.53 Å². The van der Waals surface area contributed by atoms with Gasteiger partial charge in [0.1, 0.15) is 18.0 Å². The number of aryl methyl sites for hydroxylation is 2. The second-order valence-corrected chi connectivity index (χ2v) is 7.61. The molecule has 2 N–H and O–H groups in total. The number of hydrogen-bond acceptors (Lipinski definition) is 4. The normalized spacial score (nSPS) is 10.6. The molecule has 0 aliphatic carbocycles. The summed E-state index contributed by atoms with van der Waals surface area (Å²) in [6.07, 6.45) is 1.76. The highest BCUT2D eigenvalue weighted by molar-refractivity contribution is 7.80. The first kappa shape index (κ1) is 20.6. The zero-order chi connectivity index (χ0) is 21.8. The Morgan fingerprint density at radius 2 is 1.81 bits per heavy atom. The van der Waals surface area contributed by atoms with E-state index in [2.05, 4.69) is 15.6 Å². The van der Waals surface area contributed by atoms with Crippen molar-refractivity contribution in [3.63, 3.8) is 0 Å². The van der Waals surface area contributed by atoms with Gasteiger partial charge >= 0.3 is 0 Å². The van der Waals surface area contributed by atoms with Crippen LogP contribution in [0.1, 0.15) is 27.3 Å². The predicted molar refractivity (Wildman–Crippen MR) is 126 cm³/mol. The molecule has 0 aliphatic rings. The standard InChI is InChI=1S/C24H22N4O2S/c1-16-12-17(2)28-14-19(13-22(28)25-16)23(29)27-24(31)26-20-8-10-21(11-9-20)30-15-18-6-4-3-5-7-18/h3-14H,15H2,1-2H3,(H2,26,27,29,31). The van der Waals surface area contributed by atoms with E-state index < -0.39 is 0 Å². The van der Waals surface area contributed by atoms with E-state index in [1.54, 1.807) is 12.3 Å². The van der Waals surface area contributed by atoms with Crippen molar-refractivity contribution in [3.05, 3.63) is 95.4 Å². The highest BCUT2D eigenvalue weighted by Gasteiger charge is 2.12. The second kappa shape index (κ2) is 8.97. The Labute approximate surface area is 185 Å². The molecule has 0 atom stereocenters. The quantitative estimate of drug-likeness (QED) is 0.451. The highest BCUT2D eigenvalue weighted by atomic mass is 32.1. The molecule has 2 aromatic heterocycles. The van der Waals surface area contributed by atoms with Crippen LogP contribution >= 0.6 is 12.2 Å². The van der Waals surface area contributed by atoms with Gasteiger partial charge in [0.05, 0.1) is 5.56 Å². The van der Waals surface area contributed by atoms with Crippen LogP contribution < -0.4 is 15.4 Å². The Hall–Kier alpha value is -3.71. The summed E-state index contributed by atoms with van der Waals surface area (Å²) in [6, 6.07) is 21.1. The van der Waals surface area contributed by atoms with Gasteiger partial charge in [0.25, 0.3) is 5.91 Å². The lowest BCUT2D eigenvalue weighted by Crippen LogP contribution is -2.33. The number of fused-ring (bicyclic) bond motifs is 1. The van der Waals surface area contributed by atoms with Crippen LogP contribution in [-0.2, 0) is 6.61 Å². The Kier molecular flexibility index (Phi) is 5.95. The van der Waals surface area contributed by atoms with E-state index in [1.807, 2.05) is 78.9 Å². The Bertz CT molecular complexity index is 1230. The van der Waals surface area contributed by atoms with Gasteiger partial charge in [0.2, 0.25) is 0 Å². The van der Waals surface area contributed by atoms with E-state index in [9.17, 15) is 4.79 Å². The van der Waals surface area contributed by atoms with Crippen molar-refractivity contribution in [1.82, 2.24) is 14.7 Å². The molecular formula is C24H22N4O2S. The zero-order valence-electron chi connectivity index (χ0n) is 17.3. The Morgan fingerprint density at radius 1 is 1.06 bits per heavy atom. The van der Waals surface area contributed by atoms with E-state index in [4.69, 9.17) is 17.0 Å². The number of hydrogen-bond donors (Lipinski definition) is 2. The Morgan fingerprint density at radius 3 is 2.55 bits per heavy atom. The summed E-state index contributed by atoms with van der Waals surface area (Å²) in [5.41, 5.74) is 5.00. The van der Waals surface area contributed by atoms with Crippen molar-refractivity contribution in [2.24, 2.45) is 0 Å². The number of thiocarbonyl (C=S) groups is 1. The number of nitrogens with zero attached hydrogens (tertiary/aromatic N) is 2. The molecular weight excluding hydrogens is 408 g/mol. The number of amides is 1. The molecule has 0 bridgehead atoms. The summed E-state index contributed by atoms with van der Waals surface area (Å²) in [6.45, 7) is 4.40. The lowest BCUT2D eigenvalue weighted by Gasteiger charge is -2.10. The number of ether oxygens (including phenoxy) is 1. The summed E-state index contributed by atoms with van der Waals surface area (Å²) in [4.78, 5) is 17.0. The zero-order valence-corrected chi connectivity index (χ0v) is 18.1. The topological polar surface area (TPSA) is 67.7 Å². The maximum atomic E-state index is 12.6. The van der Waals surface area contributed by atoms with Gasteiger partial charge in [-0.3, -0.25) is 10.1 Å². The number of rotatable bonds is 5. The fourth-order valence-corrected chi connectivity index (χ4v) is 3.45. The third-order valence-corrected chi connectivity index (χ3v) is 4.94. The van der Waals surface area contributed by atoms with Gasteiger partial charge in [-0.2, -0.15) is 0 Å². The van der Waals surface area contributed by atoms with Gasteiger partial charge < -0.3 is 14.5 Å². The molecule has 1 amide bonds. The fraction of sp³-hybridized carbons (Fsp3) is 0.125. The van der Waals surface area contributed by atoms with Crippen molar-refractivity contribution in [1.29, 1.82) is 0 Å². The first-order valence-electron chi connectivity index (χ1n) is 9.83. The van der Waals surface area contributed by atoms with Crippen molar-refractivity contribution >= 4 is 34.6 Å². The predicted octanol–water partition coefficient (Wildman–Crippen LogP) is 4.66. The number of benzene rings is 2. The van der Waals surface area contributed by atoms with Crippen LogP contribution in [-0.4, -0.2) is 20.4 Å². The van der Waals surface area contributed by atoms with Crippen molar-refractivity contribution in [2.45, 2.75) is 20.5 Å². The van der Waals surface area contributed by atoms with E-state index in [0.29, 0.717) is 12.2 Å². The van der Waals surface area contributed by atoms with E-state index in [0.717, 1.165) is 34.0 Å². The third kappa shape index (κ3) is 5.07. The molecule has 0 radical (unpaired) electrons. The van der Waals surface area contributed by atoms with Crippen LogP contribution in [0, 0.1) is 13.8 Å². The molecule has 0 saturated heterocycles. The number of carbonyl (C=O) groups excluding carboxylic acids is 1. The van der Waals surface area contributed by atoms with E-state index in [-0.39, 0.29) is 11.0 Å². The summed E-state index contributed by atoms with van der Waals surface area (Å²) in [5, 5.41) is 5.95. The lowest BCUT2D eigenvalue weighted by atomic mass is 10.2. The van der Waals surface area contributed by atoms with Crippen LogP contribution in [0.5, 0.6) is 5.75 Å². The molecule has 31 heavy (non-hydrogen) atoms. The minimum atomic E-state index is -0.289. The highest BCUT2D eigenvalue weighted by Crippen LogP contribution is 2.17. The lowest BCUT2D eigenvalue weighted by molar-refractivity contribution is 0.0978. The number of aromatic nitrogens is 2. The molecule has 4 rings (SSSR count). The van der Waals surface area contributed by atoms with Crippen molar-refractivity contribution in [2.75, 3.05) is 5.32 Å². The summed E-state index contributed by atoms with van der Waals surface area (Å²) in [7, 11) is 0. The minimum absolute atomic E-state index is 0.221. The van der Waals surface area contributed by atoms with E-state index >= 15 is 0 Å². The first-order chi connectivity index (χ1) is 15.0. The molecule has 0 saturated carbocycles. The van der Waals surface area contributed by atoms with Gasteiger partial charge in [0, 0.05) is 23.3 Å². The Balaban J connectivity index is 1.34. The summed E-state index contributed by atoms with van der Waals surface area (Å²) in [5.74, 6) is 0.464. The third-order valence-electron chi connectivity index (χ3n) is 4.74. The summed E-state index contributed by atoms with van der Waals surface area (Å²) < 4.78 is 7.66. The fourth-order valence-electron chi connectivity index (χ4n) is 3.24. The van der Waals surface area contributed by atoms with Crippen LogP contribution in [0.4, 0.5) is 5.69 Å². The minimum Gasteiger partial charge on any atom is -0.489 e. The number of carbonyl (C=O) groups is 1. The van der Waals surface area contributed by atoms with Crippen LogP contribution in [0.15, 0.2) is 72.9 Å².